The highest BCUT2D eigenvalue weighted by molar-refractivity contribution is 6.03. The summed E-state index contributed by atoms with van der Waals surface area (Å²) in [7, 11) is 1.43. The number of nitrogens with one attached hydrogen (secondary N) is 2. The number of urea groups is 1. The molecule has 0 saturated carbocycles. The molecule has 0 aromatic carbocycles. The second kappa shape index (κ2) is 9.28. The van der Waals surface area contributed by atoms with Gasteiger partial charge in [-0.3, -0.25) is 10.1 Å². The molecule has 0 rings (SSSR count). The summed E-state index contributed by atoms with van der Waals surface area (Å²) in [6, 6.07) is -0.514. The lowest BCUT2D eigenvalue weighted by atomic mass is 10.2. The number of ether oxygens (including phenoxy) is 1. The van der Waals surface area contributed by atoms with Crippen LogP contribution in [0.2, 0.25) is 0 Å². The molecular formula is C12H18N2O3. The Morgan fingerprint density at radius 1 is 1.41 bits per heavy atom. The van der Waals surface area contributed by atoms with Crippen LogP contribution in [0.5, 0.6) is 0 Å². The Hall–Kier alpha value is -1.96. The minimum atomic E-state index is -0.514. The van der Waals surface area contributed by atoms with Gasteiger partial charge in [-0.25, -0.2) is 4.79 Å². The van der Waals surface area contributed by atoms with Gasteiger partial charge >= 0.3 is 6.03 Å². The fourth-order valence-electron chi connectivity index (χ4n) is 1.03. The molecule has 0 aliphatic rings. The van der Waals surface area contributed by atoms with Crippen LogP contribution in [-0.4, -0.2) is 25.6 Å². The predicted molar refractivity (Wildman–Crippen MR) is 65.0 cm³/mol. The maximum atomic E-state index is 11.3. The monoisotopic (exact) mass is 238 g/mol. The summed E-state index contributed by atoms with van der Waals surface area (Å²) in [6.45, 7) is 2.05. The zero-order valence-electron chi connectivity index (χ0n) is 10.2. The van der Waals surface area contributed by atoms with Crippen LogP contribution < -0.4 is 10.6 Å². The van der Waals surface area contributed by atoms with Gasteiger partial charge in [-0.2, -0.15) is 0 Å². The number of amides is 3. The molecule has 0 radical (unpaired) electrons. The third kappa shape index (κ3) is 7.91. The van der Waals surface area contributed by atoms with Crippen molar-refractivity contribution < 1.29 is 14.3 Å². The van der Waals surface area contributed by atoms with Crippen molar-refractivity contribution in [2.24, 2.45) is 0 Å². The van der Waals surface area contributed by atoms with Gasteiger partial charge in [0.25, 0.3) is 5.91 Å². The van der Waals surface area contributed by atoms with Gasteiger partial charge in [-0.15, -0.1) is 12.3 Å². The minimum absolute atomic E-state index is 0.329. The standard InChI is InChI=1S/C12H18N2O3/c1-4-5-6-7-8-13-12(16)14-11(15)10(2)9-17-3/h1,9H,5-8H2,2-3H3,(H2,13,14,15,16)/b10-9+. The SMILES string of the molecule is C#CCCCCNC(=O)NC(=O)/C(C)=C/OC. The van der Waals surface area contributed by atoms with Crippen molar-refractivity contribution in [1.82, 2.24) is 10.6 Å². The number of hydrogen-bond acceptors (Lipinski definition) is 3. The topological polar surface area (TPSA) is 67.4 Å². The van der Waals surface area contributed by atoms with Gasteiger partial charge in [0, 0.05) is 18.5 Å². The Morgan fingerprint density at radius 2 is 2.12 bits per heavy atom. The van der Waals surface area contributed by atoms with Gasteiger partial charge in [0.2, 0.25) is 0 Å². The smallest absolute Gasteiger partial charge is 0.321 e. The predicted octanol–water partition coefficient (Wildman–Crippen LogP) is 1.17. The van der Waals surface area contributed by atoms with Gasteiger partial charge < -0.3 is 10.1 Å². The Balaban J connectivity index is 3.76. The van der Waals surface area contributed by atoms with E-state index in [9.17, 15) is 9.59 Å². The summed E-state index contributed by atoms with van der Waals surface area (Å²) in [5.74, 6) is 2.03. The molecule has 0 aromatic rings. The molecule has 0 saturated heterocycles. The maximum Gasteiger partial charge on any atom is 0.321 e. The Kier molecular flexibility index (Phi) is 8.21. The number of imide groups is 1. The first-order chi connectivity index (χ1) is 8.11. The van der Waals surface area contributed by atoms with Crippen LogP contribution in [0, 0.1) is 12.3 Å². The molecule has 5 nitrogen and oxygen atoms in total. The summed E-state index contributed by atoms with van der Waals surface area (Å²) in [5, 5.41) is 4.74. The molecule has 0 aliphatic heterocycles. The molecule has 0 atom stereocenters. The van der Waals surface area contributed by atoms with Crippen LogP contribution in [0.15, 0.2) is 11.8 Å². The zero-order valence-corrected chi connectivity index (χ0v) is 10.2. The molecule has 3 amide bonds. The fraction of sp³-hybridized carbons (Fsp3) is 0.500. The van der Waals surface area contributed by atoms with Gasteiger partial charge in [-0.1, -0.05) is 0 Å². The van der Waals surface area contributed by atoms with Crippen molar-refractivity contribution >= 4 is 11.9 Å². The average Bonchev–Trinajstić information content (AvgIpc) is 2.29. The number of unbranched alkanes of at least 4 members (excludes halogenated alkanes) is 2. The van der Waals surface area contributed by atoms with Gasteiger partial charge in [0.1, 0.15) is 0 Å². The number of hydrogen-bond donors (Lipinski definition) is 2. The lowest BCUT2D eigenvalue weighted by Crippen LogP contribution is -2.40. The van der Waals surface area contributed by atoms with Gasteiger partial charge in [-0.05, 0) is 19.8 Å². The van der Waals surface area contributed by atoms with E-state index < -0.39 is 11.9 Å². The third-order valence-corrected chi connectivity index (χ3v) is 1.91. The number of terminal acetylenes is 1. The zero-order chi connectivity index (χ0) is 13.1. The van der Waals surface area contributed by atoms with E-state index in [2.05, 4.69) is 21.3 Å². The highest BCUT2D eigenvalue weighted by Gasteiger charge is 2.08. The van der Waals surface area contributed by atoms with Crippen LogP contribution in [0.25, 0.3) is 0 Å². The van der Waals surface area contributed by atoms with E-state index in [1.54, 1.807) is 6.92 Å². The Morgan fingerprint density at radius 3 is 2.71 bits per heavy atom. The molecule has 0 aromatic heterocycles. The van der Waals surface area contributed by atoms with Crippen molar-refractivity contribution in [2.45, 2.75) is 26.2 Å². The van der Waals surface area contributed by atoms with Gasteiger partial charge in [0.15, 0.2) is 0 Å². The molecule has 0 spiro atoms. The first-order valence-electron chi connectivity index (χ1n) is 5.34. The number of carbonyl (C=O) groups is 2. The molecule has 0 heterocycles. The van der Waals surface area contributed by atoms with Crippen LogP contribution in [0.3, 0.4) is 0 Å². The van der Waals surface area contributed by atoms with E-state index in [1.807, 2.05) is 0 Å². The third-order valence-electron chi connectivity index (χ3n) is 1.91. The molecular weight excluding hydrogens is 220 g/mol. The van der Waals surface area contributed by atoms with E-state index in [0.29, 0.717) is 18.5 Å². The fourth-order valence-corrected chi connectivity index (χ4v) is 1.03. The lowest BCUT2D eigenvalue weighted by molar-refractivity contribution is -0.116. The first-order valence-corrected chi connectivity index (χ1v) is 5.34. The van der Waals surface area contributed by atoms with Crippen molar-refractivity contribution in [3.8, 4) is 12.3 Å². The highest BCUT2D eigenvalue weighted by Crippen LogP contribution is 1.93. The molecule has 0 fully saturated rings. The second-order valence-electron chi connectivity index (χ2n) is 3.41. The van der Waals surface area contributed by atoms with E-state index in [4.69, 9.17) is 6.42 Å². The molecule has 17 heavy (non-hydrogen) atoms. The molecule has 0 bridgehead atoms. The van der Waals surface area contributed by atoms with Crippen LogP contribution in [-0.2, 0) is 9.53 Å². The van der Waals surface area contributed by atoms with Crippen molar-refractivity contribution in [3.63, 3.8) is 0 Å². The summed E-state index contributed by atoms with van der Waals surface area (Å²) < 4.78 is 4.66. The van der Waals surface area contributed by atoms with E-state index in [0.717, 1.165) is 12.8 Å². The largest absolute Gasteiger partial charge is 0.504 e. The summed E-state index contributed by atoms with van der Waals surface area (Å²) in [6.07, 6.45) is 8.70. The average molecular weight is 238 g/mol. The number of methoxy groups -OCH3 is 1. The van der Waals surface area contributed by atoms with E-state index in [1.165, 1.54) is 13.4 Å². The Bertz CT molecular complexity index is 329. The molecule has 0 unspecified atom stereocenters. The van der Waals surface area contributed by atoms with Crippen molar-refractivity contribution in [2.75, 3.05) is 13.7 Å². The summed E-state index contributed by atoms with van der Waals surface area (Å²) >= 11 is 0. The normalized spacial score (nSPS) is 10.3. The lowest BCUT2D eigenvalue weighted by Gasteiger charge is -2.06. The Labute approximate surface area is 102 Å². The van der Waals surface area contributed by atoms with Gasteiger partial charge in [0.05, 0.1) is 13.4 Å². The van der Waals surface area contributed by atoms with E-state index >= 15 is 0 Å². The van der Waals surface area contributed by atoms with Crippen molar-refractivity contribution in [1.29, 1.82) is 0 Å². The van der Waals surface area contributed by atoms with Crippen molar-refractivity contribution in [3.05, 3.63) is 11.8 Å². The maximum absolute atomic E-state index is 11.3. The molecule has 2 N–H and O–H groups in total. The highest BCUT2D eigenvalue weighted by atomic mass is 16.5. The van der Waals surface area contributed by atoms with Crippen LogP contribution in [0.1, 0.15) is 26.2 Å². The quantitative estimate of drug-likeness (QED) is 0.316. The second-order valence-corrected chi connectivity index (χ2v) is 3.41. The van der Waals surface area contributed by atoms with Crippen LogP contribution in [0.4, 0.5) is 4.79 Å². The van der Waals surface area contributed by atoms with E-state index in [-0.39, 0.29) is 0 Å². The number of rotatable bonds is 6. The summed E-state index contributed by atoms with van der Waals surface area (Å²) in [5.41, 5.74) is 0.329. The molecule has 94 valence electrons. The first kappa shape index (κ1) is 15.0. The number of carbonyl (C=O) groups excluding carboxylic acids is 2. The van der Waals surface area contributed by atoms with Crippen LogP contribution >= 0.6 is 0 Å². The minimum Gasteiger partial charge on any atom is -0.504 e. The molecule has 0 aliphatic carbocycles. The molecule has 5 heteroatoms. The summed E-state index contributed by atoms with van der Waals surface area (Å²) in [4.78, 5) is 22.6.